The summed E-state index contributed by atoms with van der Waals surface area (Å²) in [4.78, 5) is 4.53. The SMILES string of the molecule is CCOC(C)(C)c1noc([C@@H]2Cc3ccccc3CN2)n1. The van der Waals surface area contributed by atoms with Gasteiger partial charge < -0.3 is 14.6 Å². The van der Waals surface area contributed by atoms with Gasteiger partial charge in [0.05, 0.1) is 6.04 Å². The molecule has 5 nitrogen and oxygen atoms in total. The first kappa shape index (κ1) is 14.2. The molecule has 0 radical (unpaired) electrons. The number of nitrogens with zero attached hydrogens (tertiary/aromatic N) is 2. The fourth-order valence-electron chi connectivity index (χ4n) is 2.68. The van der Waals surface area contributed by atoms with E-state index in [4.69, 9.17) is 9.26 Å². The molecule has 0 spiro atoms. The zero-order chi connectivity index (χ0) is 14.9. The molecule has 1 N–H and O–H groups in total. The van der Waals surface area contributed by atoms with Crippen molar-refractivity contribution in [3.05, 3.63) is 47.1 Å². The van der Waals surface area contributed by atoms with Gasteiger partial charge in [-0.1, -0.05) is 29.4 Å². The second-order valence-corrected chi connectivity index (χ2v) is 5.81. The van der Waals surface area contributed by atoms with E-state index >= 15 is 0 Å². The van der Waals surface area contributed by atoms with E-state index in [1.54, 1.807) is 0 Å². The maximum atomic E-state index is 5.67. The van der Waals surface area contributed by atoms with Crippen LogP contribution in [0, 0.1) is 0 Å². The van der Waals surface area contributed by atoms with Crippen LogP contribution in [0.3, 0.4) is 0 Å². The normalized spacial score (nSPS) is 18.5. The topological polar surface area (TPSA) is 60.2 Å². The first-order chi connectivity index (χ1) is 10.1. The Balaban J connectivity index is 1.79. The van der Waals surface area contributed by atoms with E-state index in [1.165, 1.54) is 11.1 Å². The minimum atomic E-state index is -0.525. The summed E-state index contributed by atoms with van der Waals surface area (Å²) < 4.78 is 11.1. The molecule has 1 aromatic heterocycles. The van der Waals surface area contributed by atoms with Gasteiger partial charge in [0.25, 0.3) is 0 Å². The predicted molar refractivity (Wildman–Crippen MR) is 78.7 cm³/mol. The highest BCUT2D eigenvalue weighted by Gasteiger charge is 2.30. The number of rotatable bonds is 4. The van der Waals surface area contributed by atoms with E-state index in [2.05, 4.69) is 39.7 Å². The average Bonchev–Trinajstić information content (AvgIpc) is 2.97. The second kappa shape index (κ2) is 5.58. The minimum Gasteiger partial charge on any atom is -0.368 e. The number of nitrogens with one attached hydrogen (secondary N) is 1. The third kappa shape index (κ3) is 2.84. The van der Waals surface area contributed by atoms with Crippen molar-refractivity contribution < 1.29 is 9.26 Å². The zero-order valence-electron chi connectivity index (χ0n) is 12.7. The lowest BCUT2D eigenvalue weighted by atomic mass is 9.96. The lowest BCUT2D eigenvalue weighted by molar-refractivity contribution is -0.0221. The van der Waals surface area contributed by atoms with E-state index in [0.29, 0.717) is 18.3 Å². The highest BCUT2D eigenvalue weighted by atomic mass is 16.5. The van der Waals surface area contributed by atoms with Crippen LogP contribution >= 0.6 is 0 Å². The summed E-state index contributed by atoms with van der Waals surface area (Å²) in [7, 11) is 0. The molecule has 0 unspecified atom stereocenters. The molecule has 1 aliphatic rings. The molecule has 1 atom stereocenters. The minimum absolute atomic E-state index is 0.0681. The van der Waals surface area contributed by atoms with Gasteiger partial charge in [-0.25, -0.2) is 0 Å². The van der Waals surface area contributed by atoms with Crippen molar-refractivity contribution in [2.24, 2.45) is 0 Å². The second-order valence-electron chi connectivity index (χ2n) is 5.81. The monoisotopic (exact) mass is 287 g/mol. The van der Waals surface area contributed by atoms with Gasteiger partial charge in [0.2, 0.25) is 11.7 Å². The van der Waals surface area contributed by atoms with E-state index in [0.717, 1.165) is 13.0 Å². The molecule has 112 valence electrons. The molecule has 0 saturated heterocycles. The Hall–Kier alpha value is -1.72. The molecule has 3 rings (SSSR count). The van der Waals surface area contributed by atoms with Gasteiger partial charge in [0.15, 0.2) is 0 Å². The quantitative estimate of drug-likeness (QED) is 0.937. The Morgan fingerprint density at radius 1 is 1.33 bits per heavy atom. The third-order valence-corrected chi connectivity index (χ3v) is 3.86. The number of benzene rings is 1. The van der Waals surface area contributed by atoms with Gasteiger partial charge in [-0.05, 0) is 38.3 Å². The standard InChI is InChI=1S/C16H21N3O2/c1-4-20-16(2,3)15-18-14(21-19-15)13-9-11-7-5-6-8-12(11)10-17-13/h5-8,13,17H,4,9-10H2,1-3H3/t13-/m0/s1. The summed E-state index contributed by atoms with van der Waals surface area (Å²) in [6.45, 7) is 7.31. The molecule has 0 fully saturated rings. The predicted octanol–water partition coefficient (Wildman–Crippen LogP) is 2.73. The molecule has 0 bridgehead atoms. The fourth-order valence-corrected chi connectivity index (χ4v) is 2.68. The molecule has 0 saturated carbocycles. The van der Waals surface area contributed by atoms with Crippen molar-refractivity contribution in [2.45, 2.75) is 45.4 Å². The van der Waals surface area contributed by atoms with Crippen LogP contribution in [-0.2, 0) is 23.3 Å². The first-order valence-corrected chi connectivity index (χ1v) is 7.38. The number of ether oxygens (including phenoxy) is 1. The summed E-state index contributed by atoms with van der Waals surface area (Å²) in [6.07, 6.45) is 0.868. The molecule has 21 heavy (non-hydrogen) atoms. The van der Waals surface area contributed by atoms with Gasteiger partial charge in [0, 0.05) is 13.2 Å². The van der Waals surface area contributed by atoms with Crippen molar-refractivity contribution in [1.29, 1.82) is 0 Å². The Labute approximate surface area is 124 Å². The lowest BCUT2D eigenvalue weighted by Crippen LogP contribution is -2.29. The molecule has 5 heteroatoms. The molecular weight excluding hydrogens is 266 g/mol. The Morgan fingerprint density at radius 2 is 2.10 bits per heavy atom. The van der Waals surface area contributed by atoms with Gasteiger partial charge in [-0.15, -0.1) is 0 Å². The van der Waals surface area contributed by atoms with Gasteiger partial charge in [0.1, 0.15) is 5.60 Å². The smallest absolute Gasteiger partial charge is 0.244 e. The van der Waals surface area contributed by atoms with Gasteiger partial charge in [-0.3, -0.25) is 0 Å². The summed E-state index contributed by atoms with van der Waals surface area (Å²) in [6, 6.07) is 8.51. The van der Waals surface area contributed by atoms with Gasteiger partial charge in [-0.2, -0.15) is 4.98 Å². The Kier molecular flexibility index (Phi) is 3.78. The maximum absolute atomic E-state index is 5.67. The van der Waals surface area contributed by atoms with Crippen LogP contribution in [0.2, 0.25) is 0 Å². The molecular formula is C16H21N3O2. The van der Waals surface area contributed by atoms with Crippen LogP contribution < -0.4 is 5.32 Å². The molecule has 1 aromatic carbocycles. The molecule has 0 amide bonds. The van der Waals surface area contributed by atoms with E-state index in [1.807, 2.05) is 20.8 Å². The number of fused-ring (bicyclic) bond motifs is 1. The maximum Gasteiger partial charge on any atom is 0.244 e. The Morgan fingerprint density at radius 3 is 2.86 bits per heavy atom. The molecule has 1 aliphatic heterocycles. The van der Waals surface area contributed by atoms with Crippen molar-refractivity contribution in [3.63, 3.8) is 0 Å². The first-order valence-electron chi connectivity index (χ1n) is 7.38. The molecule has 2 heterocycles. The summed E-state index contributed by atoms with van der Waals surface area (Å²) in [5, 5.41) is 7.54. The van der Waals surface area contributed by atoms with Crippen LogP contribution in [0.1, 0.15) is 49.7 Å². The number of hydrogen-bond donors (Lipinski definition) is 1. The van der Waals surface area contributed by atoms with E-state index in [9.17, 15) is 0 Å². The molecule has 2 aromatic rings. The van der Waals surface area contributed by atoms with Crippen molar-refractivity contribution in [3.8, 4) is 0 Å². The van der Waals surface area contributed by atoms with Crippen LogP contribution in [0.5, 0.6) is 0 Å². The summed E-state index contributed by atoms with van der Waals surface area (Å²) >= 11 is 0. The van der Waals surface area contributed by atoms with Gasteiger partial charge >= 0.3 is 0 Å². The largest absolute Gasteiger partial charge is 0.368 e. The van der Waals surface area contributed by atoms with E-state index < -0.39 is 5.60 Å². The third-order valence-electron chi connectivity index (χ3n) is 3.86. The van der Waals surface area contributed by atoms with Crippen LogP contribution in [0.15, 0.2) is 28.8 Å². The average molecular weight is 287 g/mol. The zero-order valence-corrected chi connectivity index (χ0v) is 12.7. The molecule has 0 aliphatic carbocycles. The van der Waals surface area contributed by atoms with Crippen molar-refractivity contribution in [2.75, 3.05) is 6.61 Å². The fraction of sp³-hybridized carbons (Fsp3) is 0.500. The summed E-state index contributed by atoms with van der Waals surface area (Å²) in [5.74, 6) is 1.23. The lowest BCUT2D eigenvalue weighted by Gasteiger charge is -2.23. The van der Waals surface area contributed by atoms with E-state index in [-0.39, 0.29) is 6.04 Å². The number of hydrogen-bond acceptors (Lipinski definition) is 5. The highest BCUT2D eigenvalue weighted by molar-refractivity contribution is 5.30. The van der Waals surface area contributed by atoms with Crippen LogP contribution in [0.4, 0.5) is 0 Å². The van der Waals surface area contributed by atoms with Crippen molar-refractivity contribution in [1.82, 2.24) is 15.5 Å². The summed E-state index contributed by atoms with van der Waals surface area (Å²) in [5.41, 5.74) is 2.15. The van der Waals surface area contributed by atoms with Crippen molar-refractivity contribution >= 4 is 0 Å². The highest BCUT2D eigenvalue weighted by Crippen LogP contribution is 2.27. The van der Waals surface area contributed by atoms with Crippen LogP contribution in [-0.4, -0.2) is 16.7 Å². The van der Waals surface area contributed by atoms with Crippen LogP contribution in [0.25, 0.3) is 0 Å². The Bertz CT molecular complexity index is 621. The number of aromatic nitrogens is 2.